The summed E-state index contributed by atoms with van der Waals surface area (Å²) in [5.41, 5.74) is 18.3. The maximum absolute atomic E-state index is 7.03. The highest BCUT2D eigenvalue weighted by Crippen LogP contribution is 2.69. The van der Waals surface area contributed by atoms with Crippen LogP contribution in [0.1, 0.15) is 143 Å². The molecule has 7 nitrogen and oxygen atoms in total. The van der Waals surface area contributed by atoms with Crippen LogP contribution in [0.25, 0.3) is 0 Å². The largest absolute Gasteiger partial charge is 0.378 e. The van der Waals surface area contributed by atoms with E-state index in [1.54, 1.807) is 0 Å². The first kappa shape index (κ1) is 40.5. The number of nitrogens with two attached hydrogens (primary N) is 3. The topological polar surface area (TPSA) is 118 Å². The lowest BCUT2D eigenvalue weighted by molar-refractivity contribution is -0.227. The number of hydrogen-bond donors (Lipinski definition) is 4. The van der Waals surface area contributed by atoms with Gasteiger partial charge in [-0.2, -0.15) is 0 Å². The summed E-state index contributed by atoms with van der Waals surface area (Å²) in [6.45, 7) is 17.0. The minimum atomic E-state index is 0.183. The second-order valence-electron chi connectivity index (χ2n) is 17.1. The van der Waals surface area contributed by atoms with E-state index in [0.29, 0.717) is 78.9 Å². The molecule has 4 saturated carbocycles. The molecule has 0 heterocycles. The molecule has 0 spiro atoms. The predicted octanol–water partition coefficient (Wildman–Crippen LogP) is 7.43. The molecule has 0 aromatic rings. The number of hydrogen-bond acceptors (Lipinski definition) is 7. The van der Waals surface area contributed by atoms with Crippen LogP contribution >= 0.6 is 0 Å². The van der Waals surface area contributed by atoms with Gasteiger partial charge in [-0.1, -0.05) is 59.8 Å². The van der Waals surface area contributed by atoms with Crippen LogP contribution in [0.15, 0.2) is 0 Å². The fourth-order valence-electron chi connectivity index (χ4n) is 11.5. The highest BCUT2D eigenvalue weighted by atomic mass is 16.5. The molecular formula is C41H80N4O3. The Labute approximate surface area is 296 Å². The van der Waals surface area contributed by atoms with Crippen molar-refractivity contribution >= 4 is 0 Å². The zero-order valence-electron chi connectivity index (χ0n) is 32.0. The fraction of sp³-hybridized carbons (Fsp3) is 1.00. The zero-order chi connectivity index (χ0) is 34.4. The molecule has 0 radical (unpaired) electrons. The van der Waals surface area contributed by atoms with E-state index in [0.717, 1.165) is 52.0 Å². The minimum absolute atomic E-state index is 0.183. The van der Waals surface area contributed by atoms with Gasteiger partial charge >= 0.3 is 0 Å². The summed E-state index contributed by atoms with van der Waals surface area (Å²) in [5, 5.41) is 3.77. The van der Waals surface area contributed by atoms with Gasteiger partial charge in [0.25, 0.3) is 0 Å². The molecule has 4 aliphatic rings. The molecule has 7 heteroatoms. The summed E-state index contributed by atoms with van der Waals surface area (Å²) in [6, 6.07) is 0. The van der Waals surface area contributed by atoms with Crippen LogP contribution in [0.2, 0.25) is 0 Å². The van der Waals surface area contributed by atoms with E-state index < -0.39 is 0 Å². The molecule has 48 heavy (non-hydrogen) atoms. The van der Waals surface area contributed by atoms with E-state index in [1.807, 2.05) is 0 Å². The first-order valence-electron chi connectivity index (χ1n) is 21.0. The molecule has 4 rings (SSSR count). The first-order chi connectivity index (χ1) is 23.3. The summed E-state index contributed by atoms with van der Waals surface area (Å²) in [7, 11) is 0. The molecule has 11 atom stereocenters. The molecular weight excluding hydrogens is 596 g/mol. The third kappa shape index (κ3) is 9.98. The SMILES string of the molecule is CCCCCCCCNCCC[C@@H](C)[C@H]1CC[C@H]2C3C(C[C@H](OCCCN)[C@]12C)[C@@]1(C)CC[C@@H](OCCCN)C[C@H]1C[C@H]3OCCCN. The van der Waals surface area contributed by atoms with E-state index in [4.69, 9.17) is 31.4 Å². The Morgan fingerprint density at radius 2 is 1.38 bits per heavy atom. The van der Waals surface area contributed by atoms with Crippen LogP contribution in [0.3, 0.4) is 0 Å². The van der Waals surface area contributed by atoms with Crippen molar-refractivity contribution in [1.29, 1.82) is 0 Å². The summed E-state index contributed by atoms with van der Waals surface area (Å²) < 4.78 is 20.4. The van der Waals surface area contributed by atoms with E-state index >= 15 is 0 Å². The van der Waals surface area contributed by atoms with Crippen molar-refractivity contribution in [2.24, 2.45) is 63.5 Å². The van der Waals surface area contributed by atoms with E-state index in [1.165, 1.54) is 96.4 Å². The van der Waals surface area contributed by atoms with Gasteiger partial charge in [0.15, 0.2) is 0 Å². The Morgan fingerprint density at radius 1 is 0.708 bits per heavy atom. The number of rotatable bonds is 24. The lowest BCUT2D eigenvalue weighted by Crippen LogP contribution is -2.63. The maximum Gasteiger partial charge on any atom is 0.0637 e. The smallest absolute Gasteiger partial charge is 0.0637 e. The van der Waals surface area contributed by atoms with Crippen LogP contribution in [0, 0.1) is 46.3 Å². The van der Waals surface area contributed by atoms with Gasteiger partial charge in [0.05, 0.1) is 18.3 Å². The average molecular weight is 677 g/mol. The lowest BCUT2D eigenvalue weighted by atomic mass is 9.43. The van der Waals surface area contributed by atoms with Crippen LogP contribution in [-0.4, -0.2) is 70.9 Å². The molecule has 2 unspecified atom stereocenters. The van der Waals surface area contributed by atoms with Gasteiger partial charge in [0.1, 0.15) is 0 Å². The minimum Gasteiger partial charge on any atom is -0.378 e. The third-order valence-corrected chi connectivity index (χ3v) is 14.2. The molecule has 0 amide bonds. The van der Waals surface area contributed by atoms with E-state index in [2.05, 4.69) is 33.0 Å². The van der Waals surface area contributed by atoms with Crippen LogP contribution in [0.5, 0.6) is 0 Å². The standard InChI is InChI=1S/C41H80N4O3/c1-5-6-7-8-9-10-23-45-24-11-15-31(2)34-16-17-35-39-36(30-38(41(34,35)4)48-27-14-22-44)40(3)19-18-33(46-25-12-20-42)28-32(40)29-37(39)47-26-13-21-43/h31-39,45H,5-30,42-44H2,1-4H3/t31-,32+,33-,34-,35+,36?,37-,38+,39?,40+,41-/m1/s1. The van der Waals surface area contributed by atoms with Crippen LogP contribution < -0.4 is 22.5 Å². The molecule has 282 valence electrons. The number of ether oxygens (including phenoxy) is 3. The van der Waals surface area contributed by atoms with Crippen molar-refractivity contribution in [2.75, 3.05) is 52.5 Å². The van der Waals surface area contributed by atoms with Gasteiger partial charge in [-0.3, -0.25) is 0 Å². The zero-order valence-corrected chi connectivity index (χ0v) is 32.0. The Balaban J connectivity index is 1.46. The average Bonchev–Trinajstić information content (AvgIpc) is 3.44. The van der Waals surface area contributed by atoms with Crippen LogP contribution in [0.4, 0.5) is 0 Å². The Kier molecular flexibility index (Phi) is 17.4. The Morgan fingerprint density at radius 3 is 2.10 bits per heavy atom. The molecule has 0 aromatic carbocycles. The summed E-state index contributed by atoms with van der Waals surface area (Å²) >= 11 is 0. The summed E-state index contributed by atoms with van der Waals surface area (Å²) in [4.78, 5) is 0. The van der Waals surface area contributed by atoms with Crippen molar-refractivity contribution in [3.63, 3.8) is 0 Å². The van der Waals surface area contributed by atoms with Crippen molar-refractivity contribution in [1.82, 2.24) is 5.32 Å². The number of unbranched alkanes of at least 4 members (excludes halogenated alkanes) is 5. The fourth-order valence-corrected chi connectivity index (χ4v) is 11.5. The molecule has 0 bridgehead atoms. The van der Waals surface area contributed by atoms with Crippen LogP contribution in [-0.2, 0) is 14.2 Å². The highest BCUT2D eigenvalue weighted by molar-refractivity contribution is 5.15. The van der Waals surface area contributed by atoms with E-state index in [9.17, 15) is 0 Å². The molecule has 4 aliphatic carbocycles. The van der Waals surface area contributed by atoms with Gasteiger partial charge in [-0.15, -0.1) is 0 Å². The lowest BCUT2D eigenvalue weighted by Gasteiger charge is -2.65. The van der Waals surface area contributed by atoms with Gasteiger partial charge < -0.3 is 36.7 Å². The monoisotopic (exact) mass is 677 g/mol. The Bertz CT molecular complexity index is 879. The molecule has 4 fully saturated rings. The van der Waals surface area contributed by atoms with Gasteiger partial charge in [-0.05, 0) is 157 Å². The predicted molar refractivity (Wildman–Crippen MR) is 201 cm³/mol. The summed E-state index contributed by atoms with van der Waals surface area (Å²) in [6.07, 6.45) is 23.2. The second kappa shape index (κ2) is 20.7. The molecule has 0 saturated heterocycles. The number of fused-ring (bicyclic) bond motifs is 5. The maximum atomic E-state index is 7.03. The van der Waals surface area contributed by atoms with Gasteiger partial charge in [0.2, 0.25) is 0 Å². The molecule has 7 N–H and O–H groups in total. The molecule has 0 aromatic heterocycles. The van der Waals surface area contributed by atoms with Crippen molar-refractivity contribution in [3.8, 4) is 0 Å². The van der Waals surface area contributed by atoms with E-state index in [-0.39, 0.29) is 5.41 Å². The highest BCUT2D eigenvalue weighted by Gasteiger charge is 2.66. The quantitative estimate of drug-likeness (QED) is 0.0786. The Hall–Kier alpha value is -0.280. The normalized spacial score (nSPS) is 36.8. The van der Waals surface area contributed by atoms with Gasteiger partial charge in [-0.25, -0.2) is 0 Å². The molecule has 0 aliphatic heterocycles. The first-order valence-corrected chi connectivity index (χ1v) is 21.0. The van der Waals surface area contributed by atoms with Crippen molar-refractivity contribution in [3.05, 3.63) is 0 Å². The summed E-state index contributed by atoms with van der Waals surface area (Å²) in [5.74, 6) is 3.92. The third-order valence-electron chi connectivity index (χ3n) is 14.2. The van der Waals surface area contributed by atoms with Crippen molar-refractivity contribution in [2.45, 2.75) is 162 Å². The van der Waals surface area contributed by atoms with Gasteiger partial charge in [0, 0.05) is 25.2 Å². The second-order valence-corrected chi connectivity index (χ2v) is 17.1. The van der Waals surface area contributed by atoms with Crippen molar-refractivity contribution < 1.29 is 14.2 Å². The number of nitrogens with one attached hydrogen (secondary N) is 1.